The molecule has 3 nitrogen and oxygen atoms in total. The number of hydrogen-bond donors (Lipinski definition) is 0. The Hall–Kier alpha value is -2.15. The zero-order valence-electron chi connectivity index (χ0n) is 16.1. The Labute approximate surface area is 162 Å². The average molecular weight is 361 g/mol. The van der Waals surface area contributed by atoms with E-state index in [2.05, 4.69) is 60.4 Å². The van der Waals surface area contributed by atoms with Gasteiger partial charge in [-0.25, -0.2) is 0 Å². The van der Waals surface area contributed by atoms with Crippen molar-refractivity contribution in [1.82, 2.24) is 4.90 Å². The molecule has 0 spiro atoms. The van der Waals surface area contributed by atoms with Gasteiger partial charge in [0.2, 0.25) is 0 Å². The molecule has 0 N–H and O–H groups in total. The van der Waals surface area contributed by atoms with Crippen molar-refractivity contribution in [3.05, 3.63) is 71.3 Å². The molecule has 0 amide bonds. The normalized spacial score (nSPS) is 27.9. The van der Waals surface area contributed by atoms with E-state index in [0.29, 0.717) is 18.4 Å². The van der Waals surface area contributed by atoms with Crippen LogP contribution in [0.15, 0.2) is 54.6 Å². The van der Waals surface area contributed by atoms with Gasteiger partial charge in [-0.3, -0.25) is 4.90 Å². The predicted octanol–water partition coefficient (Wildman–Crippen LogP) is 4.72. The van der Waals surface area contributed by atoms with Crippen LogP contribution in [0.1, 0.15) is 42.9 Å². The van der Waals surface area contributed by atoms with Crippen LogP contribution in [0.3, 0.4) is 0 Å². The quantitative estimate of drug-likeness (QED) is 0.774. The number of ether oxygens (including phenoxy) is 1. The smallest absolute Gasteiger partial charge is 0.101 e. The SMILES string of the molecule is CCOC1(c2cccc(C#N)c2)C2CCCC1CN(Cc1ccccc1)C2. The van der Waals surface area contributed by atoms with Crippen LogP contribution >= 0.6 is 0 Å². The molecule has 27 heavy (non-hydrogen) atoms. The Morgan fingerprint density at radius 3 is 2.48 bits per heavy atom. The third-order valence-electron chi connectivity index (χ3n) is 6.35. The summed E-state index contributed by atoms with van der Waals surface area (Å²) in [5.74, 6) is 0.949. The fourth-order valence-electron chi connectivity index (χ4n) is 5.36. The van der Waals surface area contributed by atoms with Crippen LogP contribution in [0, 0.1) is 23.2 Å². The van der Waals surface area contributed by atoms with Crippen LogP contribution in [-0.4, -0.2) is 24.6 Å². The molecular formula is C24H28N2O. The zero-order valence-corrected chi connectivity index (χ0v) is 16.1. The van der Waals surface area contributed by atoms with Gasteiger partial charge >= 0.3 is 0 Å². The van der Waals surface area contributed by atoms with Gasteiger partial charge in [-0.05, 0) is 43.0 Å². The van der Waals surface area contributed by atoms with E-state index in [1.54, 1.807) is 0 Å². The van der Waals surface area contributed by atoms with E-state index in [1.807, 2.05) is 12.1 Å². The summed E-state index contributed by atoms with van der Waals surface area (Å²) in [5.41, 5.74) is 3.08. The van der Waals surface area contributed by atoms with E-state index < -0.39 is 0 Å². The number of piperidine rings is 1. The summed E-state index contributed by atoms with van der Waals surface area (Å²) in [6.45, 7) is 5.93. The first kappa shape index (κ1) is 18.2. The maximum Gasteiger partial charge on any atom is 0.101 e. The number of nitriles is 1. The van der Waals surface area contributed by atoms with Gasteiger partial charge in [-0.2, -0.15) is 5.26 Å². The predicted molar refractivity (Wildman–Crippen MR) is 107 cm³/mol. The number of nitrogens with zero attached hydrogens (tertiary/aromatic N) is 2. The van der Waals surface area contributed by atoms with E-state index in [0.717, 1.165) is 25.2 Å². The number of likely N-dealkylation sites (tertiary alicyclic amines) is 1. The van der Waals surface area contributed by atoms with Crippen molar-refractivity contribution < 1.29 is 4.74 Å². The molecule has 1 heterocycles. The molecule has 2 aromatic rings. The second-order valence-corrected chi connectivity index (χ2v) is 7.92. The highest BCUT2D eigenvalue weighted by Crippen LogP contribution is 2.52. The Morgan fingerprint density at radius 1 is 1.07 bits per heavy atom. The summed E-state index contributed by atoms with van der Waals surface area (Å²) >= 11 is 0. The van der Waals surface area contributed by atoms with Crippen molar-refractivity contribution in [3.63, 3.8) is 0 Å². The highest BCUT2D eigenvalue weighted by Gasteiger charge is 2.53. The fourth-order valence-corrected chi connectivity index (χ4v) is 5.36. The number of hydrogen-bond acceptors (Lipinski definition) is 3. The van der Waals surface area contributed by atoms with Gasteiger partial charge in [0.05, 0.1) is 11.6 Å². The molecule has 140 valence electrons. The van der Waals surface area contributed by atoms with Crippen LogP contribution in [0.4, 0.5) is 0 Å². The molecule has 2 unspecified atom stereocenters. The Bertz CT molecular complexity index is 797. The molecular weight excluding hydrogens is 332 g/mol. The lowest BCUT2D eigenvalue weighted by Crippen LogP contribution is -2.59. The van der Waals surface area contributed by atoms with Crippen LogP contribution in [0.25, 0.3) is 0 Å². The molecule has 1 aliphatic heterocycles. The molecule has 0 radical (unpaired) electrons. The van der Waals surface area contributed by atoms with Crippen LogP contribution in [-0.2, 0) is 16.9 Å². The van der Waals surface area contributed by atoms with Gasteiger partial charge in [-0.1, -0.05) is 48.9 Å². The third kappa shape index (κ3) is 3.40. The van der Waals surface area contributed by atoms with E-state index in [9.17, 15) is 5.26 Å². The van der Waals surface area contributed by atoms with Crippen molar-refractivity contribution >= 4 is 0 Å². The highest BCUT2D eigenvalue weighted by molar-refractivity contribution is 5.37. The van der Waals surface area contributed by atoms with Crippen molar-refractivity contribution in [2.75, 3.05) is 19.7 Å². The molecule has 1 saturated heterocycles. The first-order valence-corrected chi connectivity index (χ1v) is 10.2. The summed E-state index contributed by atoms with van der Waals surface area (Å²) < 4.78 is 6.59. The second-order valence-electron chi connectivity index (χ2n) is 7.92. The van der Waals surface area contributed by atoms with Crippen LogP contribution in [0.2, 0.25) is 0 Å². The van der Waals surface area contributed by atoms with Crippen molar-refractivity contribution in [2.24, 2.45) is 11.8 Å². The molecule has 1 saturated carbocycles. The number of fused-ring (bicyclic) bond motifs is 2. The van der Waals surface area contributed by atoms with E-state index in [-0.39, 0.29) is 5.60 Å². The Balaban J connectivity index is 1.66. The molecule has 2 bridgehead atoms. The van der Waals surface area contributed by atoms with Crippen molar-refractivity contribution in [1.29, 1.82) is 5.26 Å². The molecule has 2 atom stereocenters. The largest absolute Gasteiger partial charge is 0.370 e. The third-order valence-corrected chi connectivity index (χ3v) is 6.35. The average Bonchev–Trinajstić information content (AvgIpc) is 2.69. The van der Waals surface area contributed by atoms with E-state index >= 15 is 0 Å². The number of benzene rings is 2. The lowest BCUT2D eigenvalue weighted by molar-refractivity contribution is -0.184. The summed E-state index contributed by atoms with van der Waals surface area (Å²) in [5, 5.41) is 9.38. The Morgan fingerprint density at radius 2 is 1.81 bits per heavy atom. The van der Waals surface area contributed by atoms with Gasteiger partial charge in [0.25, 0.3) is 0 Å². The summed E-state index contributed by atoms with van der Waals surface area (Å²) in [6, 6.07) is 21.2. The van der Waals surface area contributed by atoms with Crippen LogP contribution < -0.4 is 0 Å². The molecule has 2 aliphatic rings. The van der Waals surface area contributed by atoms with Gasteiger partial charge in [0, 0.05) is 38.1 Å². The topological polar surface area (TPSA) is 36.3 Å². The van der Waals surface area contributed by atoms with Gasteiger partial charge < -0.3 is 4.74 Å². The van der Waals surface area contributed by atoms with E-state index in [4.69, 9.17) is 4.74 Å². The molecule has 0 aromatic heterocycles. The monoisotopic (exact) mass is 360 g/mol. The first-order chi connectivity index (χ1) is 13.3. The minimum atomic E-state index is -0.243. The maximum absolute atomic E-state index is 9.38. The first-order valence-electron chi connectivity index (χ1n) is 10.2. The maximum atomic E-state index is 9.38. The lowest BCUT2D eigenvalue weighted by Gasteiger charge is -2.56. The van der Waals surface area contributed by atoms with Crippen molar-refractivity contribution in [3.8, 4) is 6.07 Å². The van der Waals surface area contributed by atoms with Crippen LogP contribution in [0.5, 0.6) is 0 Å². The molecule has 3 heteroatoms. The minimum Gasteiger partial charge on any atom is -0.370 e. The summed E-state index contributed by atoms with van der Waals surface area (Å²) in [6.07, 6.45) is 3.67. The highest BCUT2D eigenvalue weighted by atomic mass is 16.5. The van der Waals surface area contributed by atoms with E-state index in [1.165, 1.54) is 30.4 Å². The van der Waals surface area contributed by atoms with Gasteiger partial charge in [0.1, 0.15) is 5.60 Å². The Kier molecular flexibility index (Phi) is 5.29. The van der Waals surface area contributed by atoms with Gasteiger partial charge in [0.15, 0.2) is 0 Å². The lowest BCUT2D eigenvalue weighted by atomic mass is 9.62. The number of rotatable bonds is 5. The molecule has 1 aliphatic carbocycles. The fraction of sp³-hybridized carbons (Fsp3) is 0.458. The minimum absolute atomic E-state index is 0.243. The molecule has 2 aromatic carbocycles. The van der Waals surface area contributed by atoms with Gasteiger partial charge in [-0.15, -0.1) is 0 Å². The zero-order chi connectivity index (χ0) is 18.7. The standard InChI is InChI=1S/C24H28N2O/c1-2-27-24(21-11-6-10-20(14-21)15-25)22-12-7-13-23(24)18-26(17-22)16-19-8-4-3-5-9-19/h3-6,8-11,14,22-23H,2,7,12-13,16-18H2,1H3. The molecule has 2 fully saturated rings. The summed E-state index contributed by atoms with van der Waals surface area (Å²) in [7, 11) is 0. The summed E-state index contributed by atoms with van der Waals surface area (Å²) in [4.78, 5) is 2.61. The second kappa shape index (κ2) is 7.84. The molecule has 4 rings (SSSR count). The van der Waals surface area contributed by atoms with Crippen molar-refractivity contribution in [2.45, 2.75) is 38.3 Å².